The van der Waals surface area contributed by atoms with Gasteiger partial charge in [0.15, 0.2) is 11.3 Å². The maximum Gasteiger partial charge on any atom is 0.436 e. The molecule has 0 fully saturated rings. The maximum absolute atomic E-state index is 13.7. The fraction of sp³-hybridized carbons (Fsp3) is 0.115. The van der Waals surface area contributed by atoms with Gasteiger partial charge in [0.1, 0.15) is 23.9 Å². The van der Waals surface area contributed by atoms with Crippen molar-refractivity contribution >= 4 is 34.8 Å². The van der Waals surface area contributed by atoms with Crippen LogP contribution in [-0.4, -0.2) is 41.4 Å². The van der Waals surface area contributed by atoms with Crippen LogP contribution in [0.2, 0.25) is 5.02 Å². The molecule has 1 amide bonds. The smallest absolute Gasteiger partial charge is 0.436 e. The van der Waals surface area contributed by atoms with Crippen LogP contribution < -0.4 is 10.1 Å². The van der Waals surface area contributed by atoms with Crippen molar-refractivity contribution in [2.24, 2.45) is 0 Å². The summed E-state index contributed by atoms with van der Waals surface area (Å²) in [5.41, 5.74) is -0.128. The summed E-state index contributed by atoms with van der Waals surface area (Å²) in [5, 5.41) is 19.0. The molecule has 2 N–H and O–H groups in total. The Morgan fingerprint density at radius 2 is 1.80 bits per heavy atom. The number of hydrogen-bond acceptors (Lipinski definition) is 6. The summed E-state index contributed by atoms with van der Waals surface area (Å²) < 4.78 is 49.1. The number of pyridine rings is 1. The Kier molecular flexibility index (Phi) is 6.90. The molecular weight excluding hydrogens is 553 g/mol. The number of fused-ring (bicyclic) bond motifs is 1. The number of anilines is 1. The number of aromatic nitrogens is 5. The summed E-state index contributed by atoms with van der Waals surface area (Å²) in [6.07, 6.45) is -3.27. The van der Waals surface area contributed by atoms with Crippen molar-refractivity contribution in [3.63, 3.8) is 0 Å². The highest BCUT2D eigenvalue weighted by Crippen LogP contribution is 2.37. The highest BCUT2D eigenvalue weighted by atomic mass is 35.5. The molecule has 0 aliphatic carbocycles. The van der Waals surface area contributed by atoms with E-state index in [2.05, 4.69) is 20.5 Å². The zero-order chi connectivity index (χ0) is 28.6. The fourth-order valence-electron chi connectivity index (χ4n) is 3.85. The third-order valence-corrected chi connectivity index (χ3v) is 6.11. The summed E-state index contributed by atoms with van der Waals surface area (Å²) in [6, 6.07) is 14.5. The zero-order valence-corrected chi connectivity index (χ0v) is 21.2. The first-order valence-electron chi connectivity index (χ1n) is 11.5. The standard InChI is InChI=1S/C26H18ClF3N6O4/c1-14-31-21-10-7-17(12-35(21)33-14)32-24(37)16-3-2-4-18(11-16)36-20(22(27)23(34-36)26(28,29)30)13-40-19-8-5-15(6-9-19)25(38)39/h2-12H,13H2,1H3,(H,32,37)(H,38,39). The second kappa shape index (κ2) is 10.3. The maximum atomic E-state index is 13.7. The summed E-state index contributed by atoms with van der Waals surface area (Å²) in [4.78, 5) is 28.3. The summed E-state index contributed by atoms with van der Waals surface area (Å²) in [7, 11) is 0. The van der Waals surface area contributed by atoms with Crippen LogP contribution in [0.1, 0.15) is 37.9 Å². The van der Waals surface area contributed by atoms with Crippen LogP contribution in [0.5, 0.6) is 5.75 Å². The van der Waals surface area contributed by atoms with Crippen molar-refractivity contribution in [3.8, 4) is 11.4 Å². The van der Waals surface area contributed by atoms with Gasteiger partial charge in [-0.15, -0.1) is 0 Å². The van der Waals surface area contributed by atoms with E-state index in [-0.39, 0.29) is 28.3 Å². The predicted octanol–water partition coefficient (Wildman–Crippen LogP) is 5.43. The second-order valence-electron chi connectivity index (χ2n) is 8.52. The molecule has 0 atom stereocenters. The topological polar surface area (TPSA) is 124 Å². The fourth-order valence-corrected chi connectivity index (χ4v) is 4.13. The Hall–Kier alpha value is -4.91. The molecule has 5 rings (SSSR count). The first kappa shape index (κ1) is 26.7. The molecule has 0 radical (unpaired) electrons. The molecule has 0 saturated carbocycles. The van der Waals surface area contributed by atoms with Gasteiger partial charge < -0.3 is 15.2 Å². The number of aryl methyl sites for hydroxylation is 1. The van der Waals surface area contributed by atoms with E-state index in [1.807, 2.05) is 0 Å². The van der Waals surface area contributed by atoms with E-state index in [0.29, 0.717) is 17.2 Å². The molecule has 0 unspecified atom stereocenters. The number of alkyl halides is 3. The average molecular weight is 571 g/mol. The quantitative estimate of drug-likeness (QED) is 0.267. The van der Waals surface area contributed by atoms with Crippen molar-refractivity contribution < 1.29 is 32.6 Å². The van der Waals surface area contributed by atoms with Crippen LogP contribution in [0.3, 0.4) is 0 Å². The molecule has 14 heteroatoms. The Bertz CT molecular complexity index is 1750. The van der Waals surface area contributed by atoms with E-state index in [1.54, 1.807) is 25.3 Å². The lowest BCUT2D eigenvalue weighted by Gasteiger charge is -2.11. The minimum atomic E-state index is -4.85. The number of halogens is 4. The molecule has 0 aliphatic rings. The Morgan fingerprint density at radius 1 is 1.05 bits per heavy atom. The van der Waals surface area contributed by atoms with Gasteiger partial charge >= 0.3 is 12.1 Å². The van der Waals surface area contributed by atoms with Gasteiger partial charge in [-0.2, -0.15) is 23.4 Å². The molecule has 0 spiro atoms. The molecule has 0 bridgehead atoms. The van der Waals surface area contributed by atoms with Crippen LogP contribution in [-0.2, 0) is 12.8 Å². The highest BCUT2D eigenvalue weighted by Gasteiger charge is 2.39. The van der Waals surface area contributed by atoms with Gasteiger partial charge in [-0.3, -0.25) is 4.79 Å². The number of nitrogens with zero attached hydrogens (tertiary/aromatic N) is 5. The minimum Gasteiger partial charge on any atom is -0.487 e. The Balaban J connectivity index is 1.44. The van der Waals surface area contributed by atoms with E-state index in [4.69, 9.17) is 21.4 Å². The number of benzene rings is 2. The van der Waals surface area contributed by atoms with Crippen molar-refractivity contribution in [2.45, 2.75) is 19.7 Å². The van der Waals surface area contributed by atoms with E-state index >= 15 is 0 Å². The third-order valence-electron chi connectivity index (χ3n) is 5.71. The number of carbonyl (C=O) groups is 2. The molecular formula is C26H18ClF3N6O4. The number of nitrogens with one attached hydrogen (secondary N) is 1. The Morgan fingerprint density at radius 3 is 2.50 bits per heavy atom. The lowest BCUT2D eigenvalue weighted by Crippen LogP contribution is -2.14. The van der Waals surface area contributed by atoms with E-state index in [1.165, 1.54) is 53.0 Å². The second-order valence-corrected chi connectivity index (χ2v) is 8.90. The predicted molar refractivity (Wildman–Crippen MR) is 137 cm³/mol. The van der Waals surface area contributed by atoms with Crippen molar-refractivity contribution in [2.75, 3.05) is 5.32 Å². The van der Waals surface area contributed by atoms with Gasteiger partial charge in [0.2, 0.25) is 0 Å². The van der Waals surface area contributed by atoms with E-state index in [9.17, 15) is 22.8 Å². The molecule has 0 aliphatic heterocycles. The van der Waals surface area contributed by atoms with E-state index < -0.39 is 35.4 Å². The van der Waals surface area contributed by atoms with Crippen LogP contribution >= 0.6 is 11.6 Å². The van der Waals surface area contributed by atoms with Gasteiger partial charge in [-0.1, -0.05) is 17.7 Å². The zero-order valence-electron chi connectivity index (χ0n) is 20.5. The first-order chi connectivity index (χ1) is 19.0. The van der Waals surface area contributed by atoms with Crippen molar-refractivity contribution in [3.05, 3.63) is 100 Å². The molecule has 3 heterocycles. The van der Waals surface area contributed by atoms with Gasteiger partial charge in [-0.05, 0) is 61.5 Å². The van der Waals surface area contributed by atoms with Gasteiger partial charge in [0, 0.05) is 5.56 Å². The monoisotopic (exact) mass is 570 g/mol. The summed E-state index contributed by atoms with van der Waals surface area (Å²) in [5.74, 6) is -0.900. The van der Waals surface area contributed by atoms with Crippen LogP contribution in [0.4, 0.5) is 18.9 Å². The van der Waals surface area contributed by atoms with Crippen molar-refractivity contribution in [1.82, 2.24) is 24.4 Å². The summed E-state index contributed by atoms with van der Waals surface area (Å²) >= 11 is 6.10. The van der Waals surface area contributed by atoms with Crippen molar-refractivity contribution in [1.29, 1.82) is 0 Å². The molecule has 204 valence electrons. The van der Waals surface area contributed by atoms with Crippen LogP contribution in [0.25, 0.3) is 11.3 Å². The normalized spacial score (nSPS) is 11.5. The molecule has 40 heavy (non-hydrogen) atoms. The largest absolute Gasteiger partial charge is 0.487 e. The molecule has 3 aromatic heterocycles. The Labute approximate surface area is 228 Å². The van der Waals surface area contributed by atoms with Gasteiger partial charge in [-0.25, -0.2) is 19.0 Å². The van der Waals surface area contributed by atoms with E-state index in [0.717, 1.165) is 4.68 Å². The molecule has 2 aromatic carbocycles. The SMILES string of the molecule is Cc1nc2ccc(NC(=O)c3cccc(-n4nc(C(F)(F)F)c(Cl)c4COc4ccc(C(=O)O)cc4)c3)cn2n1. The lowest BCUT2D eigenvalue weighted by molar-refractivity contribution is -0.141. The van der Waals surface area contributed by atoms with Gasteiger partial charge in [0.25, 0.3) is 5.91 Å². The highest BCUT2D eigenvalue weighted by molar-refractivity contribution is 6.32. The van der Waals surface area contributed by atoms with Crippen LogP contribution in [0.15, 0.2) is 66.9 Å². The molecule has 5 aromatic rings. The van der Waals surface area contributed by atoms with Gasteiger partial charge in [0.05, 0.1) is 28.2 Å². The third kappa shape index (κ3) is 5.45. The average Bonchev–Trinajstić information content (AvgIpc) is 3.45. The number of amides is 1. The number of carboxylic acids is 1. The number of hydrogen-bond donors (Lipinski definition) is 2. The summed E-state index contributed by atoms with van der Waals surface area (Å²) in [6.45, 7) is 1.30. The lowest BCUT2D eigenvalue weighted by atomic mass is 10.2. The number of aromatic carboxylic acids is 1. The molecule has 10 nitrogen and oxygen atoms in total. The first-order valence-corrected chi connectivity index (χ1v) is 11.9. The number of rotatable bonds is 7. The minimum absolute atomic E-state index is 0.0150. The number of carboxylic acid groups (broad SMARTS) is 1. The number of carbonyl (C=O) groups excluding carboxylic acids is 1. The van der Waals surface area contributed by atoms with Crippen LogP contribution in [0, 0.1) is 6.92 Å². The number of ether oxygens (including phenoxy) is 1. The molecule has 0 saturated heterocycles.